The van der Waals surface area contributed by atoms with Crippen LogP contribution in [-0.4, -0.2) is 50.8 Å². The monoisotopic (exact) mass is 501 g/mol. The summed E-state index contributed by atoms with van der Waals surface area (Å²) < 4.78 is 6.16. The molecule has 5 rings (SSSR count). The molecule has 3 aromatic rings. The van der Waals surface area contributed by atoms with Gasteiger partial charge < -0.3 is 25.3 Å². The molecule has 0 radical (unpaired) electrons. The van der Waals surface area contributed by atoms with Gasteiger partial charge in [0.1, 0.15) is 12.0 Å². The van der Waals surface area contributed by atoms with Crippen molar-refractivity contribution in [2.45, 2.75) is 78.6 Å². The third-order valence-corrected chi connectivity index (χ3v) is 7.81. The van der Waals surface area contributed by atoms with Crippen LogP contribution in [0.25, 0.3) is 22.2 Å². The number of ether oxygens (including phenoxy) is 1. The highest BCUT2D eigenvalue weighted by atomic mass is 16.5. The number of nitrogens with two attached hydrogens (primary N) is 1. The van der Waals surface area contributed by atoms with Crippen LogP contribution in [0.5, 0.6) is 0 Å². The highest BCUT2D eigenvalue weighted by Gasteiger charge is 2.39. The van der Waals surface area contributed by atoms with Gasteiger partial charge >= 0.3 is 0 Å². The molecule has 1 aromatic carbocycles. The van der Waals surface area contributed by atoms with E-state index in [1.54, 1.807) is 6.26 Å². The van der Waals surface area contributed by atoms with Crippen molar-refractivity contribution in [2.24, 2.45) is 5.73 Å². The van der Waals surface area contributed by atoms with E-state index in [0.29, 0.717) is 17.7 Å². The predicted octanol–water partition coefficient (Wildman–Crippen LogP) is 5.50. The number of nitrogens with one attached hydrogen (secondary N) is 1. The van der Waals surface area contributed by atoms with E-state index < -0.39 is 5.91 Å². The van der Waals surface area contributed by atoms with Gasteiger partial charge in [0.25, 0.3) is 5.91 Å². The van der Waals surface area contributed by atoms with Crippen molar-refractivity contribution in [1.29, 1.82) is 0 Å². The SMILES string of the molecule is Cc1cc(-c2[nH]c3ccc(C4OC=C(C(N)=O)N4C4CCN(C(C)C)CC4)cc3c2C(C)C)cc(C)n1. The lowest BCUT2D eigenvalue weighted by atomic mass is 9.94. The van der Waals surface area contributed by atoms with Crippen LogP contribution < -0.4 is 5.73 Å². The summed E-state index contributed by atoms with van der Waals surface area (Å²) in [6, 6.07) is 11.5. The number of amides is 1. The van der Waals surface area contributed by atoms with Crippen molar-refractivity contribution in [3.8, 4) is 11.3 Å². The summed E-state index contributed by atoms with van der Waals surface area (Å²) in [5.74, 6) is -0.127. The number of primary amides is 1. The van der Waals surface area contributed by atoms with E-state index in [1.165, 1.54) is 10.9 Å². The number of hydrogen-bond acceptors (Lipinski definition) is 5. The van der Waals surface area contributed by atoms with Crippen LogP contribution in [0, 0.1) is 13.8 Å². The third-order valence-electron chi connectivity index (χ3n) is 7.81. The van der Waals surface area contributed by atoms with Crippen molar-refractivity contribution in [3.63, 3.8) is 0 Å². The number of carbonyl (C=O) groups is 1. The molecule has 37 heavy (non-hydrogen) atoms. The zero-order valence-electron chi connectivity index (χ0n) is 22.8. The molecule has 7 heteroatoms. The van der Waals surface area contributed by atoms with E-state index in [2.05, 4.69) is 77.8 Å². The smallest absolute Gasteiger partial charge is 0.268 e. The maximum atomic E-state index is 12.4. The Morgan fingerprint density at radius 1 is 1.08 bits per heavy atom. The molecule has 0 saturated carbocycles. The minimum absolute atomic E-state index is 0.200. The average Bonchev–Trinajstić information content (AvgIpc) is 3.45. The number of H-pyrrole nitrogens is 1. The van der Waals surface area contributed by atoms with Crippen molar-refractivity contribution in [1.82, 2.24) is 19.8 Å². The maximum absolute atomic E-state index is 12.4. The minimum Gasteiger partial charge on any atom is -0.471 e. The molecule has 0 spiro atoms. The van der Waals surface area contributed by atoms with Gasteiger partial charge in [-0.3, -0.25) is 9.78 Å². The summed E-state index contributed by atoms with van der Waals surface area (Å²) in [7, 11) is 0. The number of carbonyl (C=O) groups excluding carboxylic acids is 1. The summed E-state index contributed by atoms with van der Waals surface area (Å²) >= 11 is 0. The quantitative estimate of drug-likeness (QED) is 0.466. The molecule has 0 aliphatic carbocycles. The summed E-state index contributed by atoms with van der Waals surface area (Å²) in [5.41, 5.74) is 14.0. The molecule has 4 heterocycles. The van der Waals surface area contributed by atoms with E-state index in [4.69, 9.17) is 10.5 Å². The number of aromatic nitrogens is 2. The number of piperidine rings is 1. The number of nitrogens with zero attached hydrogens (tertiary/aromatic N) is 3. The first-order valence-electron chi connectivity index (χ1n) is 13.4. The van der Waals surface area contributed by atoms with Crippen LogP contribution in [0.15, 0.2) is 42.3 Å². The first kappa shape index (κ1) is 25.3. The number of hydrogen-bond donors (Lipinski definition) is 2. The van der Waals surface area contributed by atoms with E-state index in [-0.39, 0.29) is 12.3 Å². The van der Waals surface area contributed by atoms with Crippen molar-refractivity contribution in [2.75, 3.05) is 13.1 Å². The maximum Gasteiger partial charge on any atom is 0.268 e. The Kier molecular flexibility index (Phi) is 6.75. The number of fused-ring (bicyclic) bond motifs is 1. The van der Waals surface area contributed by atoms with Gasteiger partial charge in [-0.05, 0) is 76.3 Å². The molecule has 1 fully saturated rings. The third kappa shape index (κ3) is 4.73. The van der Waals surface area contributed by atoms with Crippen LogP contribution in [0.2, 0.25) is 0 Å². The van der Waals surface area contributed by atoms with Gasteiger partial charge in [0.15, 0.2) is 6.23 Å². The molecule has 2 aromatic heterocycles. The van der Waals surface area contributed by atoms with Crippen molar-refractivity contribution >= 4 is 16.8 Å². The Morgan fingerprint density at radius 2 is 1.76 bits per heavy atom. The Balaban J connectivity index is 1.54. The largest absolute Gasteiger partial charge is 0.471 e. The highest BCUT2D eigenvalue weighted by Crippen LogP contribution is 2.41. The molecule has 2 aliphatic heterocycles. The molecular formula is C30H39N5O2. The standard InChI is InChI=1S/C30H39N5O2/c1-17(2)27-24-15-21(7-8-25(24)33-28(27)22-13-19(5)32-20(6)14-22)30-35(26(16-37-30)29(31)36)23-9-11-34(12-10-23)18(3)4/h7-8,13-18,23,30,33H,9-12H2,1-6H3,(H2,31,36). The van der Waals surface area contributed by atoms with Gasteiger partial charge in [-0.15, -0.1) is 0 Å². The van der Waals surface area contributed by atoms with Gasteiger partial charge in [0.2, 0.25) is 0 Å². The Morgan fingerprint density at radius 3 is 2.35 bits per heavy atom. The Labute approximate surface area is 219 Å². The zero-order valence-corrected chi connectivity index (χ0v) is 22.8. The molecule has 1 atom stereocenters. The number of aromatic amines is 1. The van der Waals surface area contributed by atoms with Gasteiger partial charge in [0.05, 0.1) is 5.69 Å². The highest BCUT2D eigenvalue weighted by molar-refractivity contribution is 5.93. The summed E-state index contributed by atoms with van der Waals surface area (Å²) in [4.78, 5) is 25.2. The number of benzene rings is 1. The van der Waals surface area contributed by atoms with Gasteiger partial charge in [0, 0.05) is 58.6 Å². The summed E-state index contributed by atoms with van der Waals surface area (Å²) in [6.45, 7) is 15.0. The summed E-state index contributed by atoms with van der Waals surface area (Å²) in [5, 5.41) is 1.18. The lowest BCUT2D eigenvalue weighted by Gasteiger charge is -2.41. The molecule has 7 nitrogen and oxygen atoms in total. The molecule has 1 amide bonds. The fourth-order valence-electron chi connectivity index (χ4n) is 6.06. The van der Waals surface area contributed by atoms with Gasteiger partial charge in [-0.25, -0.2) is 0 Å². The van der Waals surface area contributed by atoms with Crippen molar-refractivity contribution in [3.05, 3.63) is 64.8 Å². The van der Waals surface area contributed by atoms with Gasteiger partial charge in [-0.1, -0.05) is 19.9 Å². The number of pyridine rings is 1. The number of aryl methyl sites for hydroxylation is 2. The summed E-state index contributed by atoms with van der Waals surface area (Å²) in [6.07, 6.45) is 3.13. The average molecular weight is 502 g/mol. The van der Waals surface area contributed by atoms with E-state index in [0.717, 1.165) is 59.7 Å². The first-order valence-corrected chi connectivity index (χ1v) is 13.4. The second-order valence-corrected chi connectivity index (χ2v) is 11.1. The lowest BCUT2D eigenvalue weighted by molar-refractivity contribution is -0.117. The van der Waals surface area contributed by atoms with Crippen molar-refractivity contribution < 1.29 is 9.53 Å². The van der Waals surface area contributed by atoms with Gasteiger partial charge in [-0.2, -0.15) is 0 Å². The number of rotatable bonds is 6. The minimum atomic E-state index is -0.440. The van der Waals surface area contributed by atoms with E-state index in [1.807, 2.05) is 13.8 Å². The molecule has 2 aliphatic rings. The fraction of sp³-hybridized carbons (Fsp3) is 0.467. The molecule has 1 saturated heterocycles. The second kappa shape index (κ2) is 9.86. The zero-order chi connectivity index (χ0) is 26.4. The molecule has 0 bridgehead atoms. The Bertz CT molecular complexity index is 1330. The molecule has 3 N–H and O–H groups in total. The first-order chi connectivity index (χ1) is 17.6. The van der Waals surface area contributed by atoms with Crippen LogP contribution in [0.1, 0.15) is 75.2 Å². The fourth-order valence-corrected chi connectivity index (χ4v) is 6.06. The molecule has 1 unspecified atom stereocenters. The molecule has 196 valence electrons. The van der Waals surface area contributed by atoms with Crippen LogP contribution in [-0.2, 0) is 9.53 Å². The predicted molar refractivity (Wildman–Crippen MR) is 148 cm³/mol. The Hall–Kier alpha value is -3.32. The van der Waals surface area contributed by atoms with E-state index >= 15 is 0 Å². The van der Waals surface area contributed by atoms with Crippen LogP contribution in [0.4, 0.5) is 0 Å². The van der Waals surface area contributed by atoms with E-state index in [9.17, 15) is 4.79 Å². The number of likely N-dealkylation sites (tertiary alicyclic amines) is 1. The normalized spacial score (nSPS) is 19.2. The van der Waals surface area contributed by atoms with Crippen LogP contribution in [0.3, 0.4) is 0 Å². The molecular weight excluding hydrogens is 462 g/mol. The lowest BCUT2D eigenvalue weighted by Crippen LogP contribution is -2.48. The second-order valence-electron chi connectivity index (χ2n) is 11.1. The topological polar surface area (TPSA) is 87.5 Å². The van der Waals surface area contributed by atoms with Crippen LogP contribution >= 0.6 is 0 Å².